The van der Waals surface area contributed by atoms with Crippen LogP contribution in [0.2, 0.25) is 0 Å². The van der Waals surface area contributed by atoms with Crippen LogP contribution in [0, 0.1) is 24.2 Å². The first-order valence-corrected chi connectivity index (χ1v) is 5.79. The third-order valence-electron chi connectivity index (χ3n) is 3.16. The first kappa shape index (κ1) is 11.8. The minimum atomic E-state index is -0.349. The molecule has 1 aromatic heterocycles. The van der Waals surface area contributed by atoms with Crippen molar-refractivity contribution >= 4 is 5.95 Å². The fourth-order valence-corrected chi connectivity index (χ4v) is 1.98. The lowest BCUT2D eigenvalue weighted by Gasteiger charge is -2.34. The summed E-state index contributed by atoms with van der Waals surface area (Å²) < 4.78 is 0. The molecule has 0 aliphatic carbocycles. The number of hydrogen-bond donors (Lipinski definition) is 1. The van der Waals surface area contributed by atoms with Crippen molar-refractivity contribution in [1.82, 2.24) is 9.97 Å². The highest BCUT2D eigenvalue weighted by Gasteiger charge is 2.25. The van der Waals surface area contributed by atoms with Crippen LogP contribution >= 0.6 is 0 Å². The van der Waals surface area contributed by atoms with E-state index in [9.17, 15) is 5.11 Å². The van der Waals surface area contributed by atoms with Gasteiger partial charge in [-0.3, -0.25) is 0 Å². The predicted molar refractivity (Wildman–Crippen MR) is 63.5 cm³/mol. The van der Waals surface area contributed by atoms with Crippen molar-refractivity contribution in [2.24, 2.45) is 5.92 Å². The molecule has 0 radical (unpaired) electrons. The minimum Gasteiger partial charge on any atom is -0.391 e. The lowest BCUT2D eigenvalue weighted by molar-refractivity contribution is 0.102. The second-order valence-electron chi connectivity index (χ2n) is 4.59. The molecule has 1 N–H and O–H groups in total. The van der Waals surface area contributed by atoms with Crippen molar-refractivity contribution in [2.45, 2.75) is 26.4 Å². The second kappa shape index (κ2) is 4.68. The quantitative estimate of drug-likeness (QED) is 0.777. The van der Waals surface area contributed by atoms with E-state index in [-0.39, 0.29) is 6.10 Å². The molecule has 90 valence electrons. The van der Waals surface area contributed by atoms with Gasteiger partial charge in [0.15, 0.2) is 0 Å². The minimum absolute atomic E-state index is 0.312. The fourth-order valence-electron chi connectivity index (χ4n) is 1.98. The number of β-amino-alcohol motifs (C(OH)–C–C–N with tert-alkyl or cyclic N) is 1. The van der Waals surface area contributed by atoms with Crippen LogP contribution in [-0.4, -0.2) is 34.3 Å². The van der Waals surface area contributed by atoms with E-state index < -0.39 is 0 Å². The van der Waals surface area contributed by atoms with Gasteiger partial charge in [0, 0.05) is 18.8 Å². The molecule has 5 nitrogen and oxygen atoms in total. The molecule has 1 saturated heterocycles. The average molecular weight is 232 g/mol. The summed E-state index contributed by atoms with van der Waals surface area (Å²) in [4.78, 5) is 10.4. The molecule has 2 unspecified atom stereocenters. The number of nitrogens with zero attached hydrogens (tertiary/aromatic N) is 4. The molecule has 17 heavy (non-hydrogen) atoms. The van der Waals surface area contributed by atoms with Crippen molar-refractivity contribution in [2.75, 3.05) is 18.0 Å². The molecule has 0 aromatic carbocycles. The molecule has 2 heterocycles. The maximum Gasteiger partial charge on any atom is 0.226 e. The van der Waals surface area contributed by atoms with E-state index in [1.807, 2.05) is 24.8 Å². The molecule has 1 aliphatic heterocycles. The Hall–Kier alpha value is -1.67. The number of piperidine rings is 1. The molecule has 1 aliphatic rings. The van der Waals surface area contributed by atoms with Gasteiger partial charge < -0.3 is 10.0 Å². The first-order chi connectivity index (χ1) is 8.10. The summed E-state index contributed by atoms with van der Waals surface area (Å²) in [7, 11) is 0. The van der Waals surface area contributed by atoms with Crippen molar-refractivity contribution in [3.8, 4) is 6.07 Å². The average Bonchev–Trinajstić information content (AvgIpc) is 2.32. The lowest BCUT2D eigenvalue weighted by Crippen LogP contribution is -2.43. The summed E-state index contributed by atoms with van der Waals surface area (Å²) in [5.41, 5.74) is 1.15. The van der Waals surface area contributed by atoms with Gasteiger partial charge in [-0.25, -0.2) is 9.97 Å². The molecule has 0 amide bonds. The topological polar surface area (TPSA) is 73.0 Å². The zero-order valence-electron chi connectivity index (χ0n) is 10.1. The smallest absolute Gasteiger partial charge is 0.226 e. The molecular weight excluding hydrogens is 216 g/mol. The Morgan fingerprint density at radius 1 is 1.53 bits per heavy atom. The zero-order valence-corrected chi connectivity index (χ0v) is 10.1. The summed E-state index contributed by atoms with van der Waals surface area (Å²) >= 11 is 0. The first-order valence-electron chi connectivity index (χ1n) is 5.79. The van der Waals surface area contributed by atoms with E-state index in [4.69, 9.17) is 5.26 Å². The van der Waals surface area contributed by atoms with Crippen LogP contribution in [0.3, 0.4) is 0 Å². The molecule has 0 bridgehead atoms. The number of anilines is 1. The van der Waals surface area contributed by atoms with E-state index in [0.717, 1.165) is 18.7 Å². The number of aliphatic hydroxyl groups is 1. The van der Waals surface area contributed by atoms with Gasteiger partial charge >= 0.3 is 0 Å². The predicted octanol–water partition coefficient (Wildman–Crippen LogP) is 0.864. The van der Waals surface area contributed by atoms with E-state index in [2.05, 4.69) is 9.97 Å². The van der Waals surface area contributed by atoms with Crippen LogP contribution in [0.25, 0.3) is 0 Å². The highest BCUT2D eigenvalue weighted by molar-refractivity contribution is 5.36. The number of nitriles is 1. The number of aryl methyl sites for hydroxylation is 1. The van der Waals surface area contributed by atoms with E-state index in [0.29, 0.717) is 24.1 Å². The molecule has 2 rings (SSSR count). The van der Waals surface area contributed by atoms with Crippen molar-refractivity contribution in [3.63, 3.8) is 0 Å². The highest BCUT2D eigenvalue weighted by Crippen LogP contribution is 2.20. The lowest BCUT2D eigenvalue weighted by atomic mass is 9.96. The molecule has 0 spiro atoms. The standard InChI is InChI=1S/C12H16N4O/c1-8-3-4-16(7-11(8)17)12-14-9(2)5-10(6-13)15-12/h5,8,11,17H,3-4,7H2,1-2H3. The van der Waals surface area contributed by atoms with Gasteiger partial charge in [0.25, 0.3) is 0 Å². The highest BCUT2D eigenvalue weighted by atomic mass is 16.3. The van der Waals surface area contributed by atoms with Gasteiger partial charge in [-0.05, 0) is 25.3 Å². The Morgan fingerprint density at radius 3 is 2.94 bits per heavy atom. The van der Waals surface area contributed by atoms with Crippen LogP contribution in [0.5, 0.6) is 0 Å². The maximum absolute atomic E-state index is 9.84. The summed E-state index contributed by atoms with van der Waals surface area (Å²) in [5, 5.41) is 18.7. The SMILES string of the molecule is Cc1cc(C#N)nc(N2CCC(C)C(O)C2)n1. The monoisotopic (exact) mass is 232 g/mol. The largest absolute Gasteiger partial charge is 0.391 e. The number of aliphatic hydroxyl groups excluding tert-OH is 1. The van der Waals surface area contributed by atoms with Crippen LogP contribution in [0.1, 0.15) is 24.7 Å². The molecule has 1 aromatic rings. The van der Waals surface area contributed by atoms with Crippen LogP contribution in [0.15, 0.2) is 6.07 Å². The Kier molecular flexibility index (Phi) is 3.25. The van der Waals surface area contributed by atoms with Gasteiger partial charge in [-0.15, -0.1) is 0 Å². The zero-order chi connectivity index (χ0) is 12.4. The number of hydrogen-bond acceptors (Lipinski definition) is 5. The Labute approximate surface area is 101 Å². The molecular formula is C12H16N4O. The normalized spacial score (nSPS) is 24.5. The molecule has 5 heteroatoms. The Morgan fingerprint density at radius 2 is 2.29 bits per heavy atom. The summed E-state index contributed by atoms with van der Waals surface area (Å²) in [6, 6.07) is 3.69. The maximum atomic E-state index is 9.84. The van der Waals surface area contributed by atoms with Crippen LogP contribution in [0.4, 0.5) is 5.95 Å². The molecule has 0 saturated carbocycles. The van der Waals surface area contributed by atoms with Gasteiger partial charge in [0.1, 0.15) is 11.8 Å². The molecule has 2 atom stereocenters. The van der Waals surface area contributed by atoms with Crippen LogP contribution in [-0.2, 0) is 0 Å². The third-order valence-corrected chi connectivity index (χ3v) is 3.16. The summed E-state index contributed by atoms with van der Waals surface area (Å²) in [6.07, 6.45) is 0.568. The van der Waals surface area contributed by atoms with Gasteiger partial charge in [0.05, 0.1) is 6.10 Å². The Bertz CT molecular complexity index is 454. The van der Waals surface area contributed by atoms with Crippen molar-refractivity contribution in [1.29, 1.82) is 5.26 Å². The van der Waals surface area contributed by atoms with E-state index in [1.165, 1.54) is 0 Å². The van der Waals surface area contributed by atoms with Gasteiger partial charge in [-0.2, -0.15) is 5.26 Å². The summed E-state index contributed by atoms with van der Waals surface area (Å²) in [5.74, 6) is 0.860. The van der Waals surface area contributed by atoms with Crippen molar-refractivity contribution < 1.29 is 5.11 Å². The fraction of sp³-hybridized carbons (Fsp3) is 0.583. The molecule has 1 fully saturated rings. The summed E-state index contributed by atoms with van der Waals surface area (Å²) in [6.45, 7) is 5.25. The van der Waals surface area contributed by atoms with Gasteiger partial charge in [-0.1, -0.05) is 6.92 Å². The Balaban J connectivity index is 2.23. The van der Waals surface area contributed by atoms with E-state index in [1.54, 1.807) is 6.07 Å². The number of aromatic nitrogens is 2. The van der Waals surface area contributed by atoms with Gasteiger partial charge in [0.2, 0.25) is 5.95 Å². The second-order valence-corrected chi connectivity index (χ2v) is 4.59. The van der Waals surface area contributed by atoms with Crippen LogP contribution < -0.4 is 4.90 Å². The van der Waals surface area contributed by atoms with E-state index >= 15 is 0 Å². The van der Waals surface area contributed by atoms with Crippen molar-refractivity contribution in [3.05, 3.63) is 17.5 Å². The number of rotatable bonds is 1. The third kappa shape index (κ3) is 2.53.